The van der Waals surface area contributed by atoms with Crippen LogP contribution < -0.4 is 0 Å². The second kappa shape index (κ2) is 6.61. The highest BCUT2D eigenvalue weighted by molar-refractivity contribution is 9.10. The van der Waals surface area contributed by atoms with E-state index in [1.807, 2.05) is 57.3 Å². The van der Waals surface area contributed by atoms with Gasteiger partial charge in [0.15, 0.2) is 0 Å². The van der Waals surface area contributed by atoms with Crippen LogP contribution in [0.25, 0.3) is 6.08 Å². The van der Waals surface area contributed by atoms with E-state index in [1.165, 1.54) is 4.90 Å². The standard InChI is InChI=1S/C18H17BrN2O2S/c1-11-8-14(12(2)20(11)3)9-16-17(22)21(18(23)24-16)10-13-4-6-15(19)7-5-13/h4-9H,10H2,1-3H3/b16-9-. The van der Waals surface area contributed by atoms with Gasteiger partial charge in [-0.1, -0.05) is 28.1 Å². The summed E-state index contributed by atoms with van der Waals surface area (Å²) in [6, 6.07) is 9.64. The van der Waals surface area contributed by atoms with Gasteiger partial charge in [-0.25, -0.2) is 0 Å². The van der Waals surface area contributed by atoms with Crippen LogP contribution in [0.4, 0.5) is 4.79 Å². The van der Waals surface area contributed by atoms with E-state index in [0.29, 0.717) is 11.4 Å². The first-order chi connectivity index (χ1) is 11.4. The highest BCUT2D eigenvalue weighted by atomic mass is 79.9. The van der Waals surface area contributed by atoms with E-state index in [0.717, 1.165) is 38.7 Å². The zero-order chi connectivity index (χ0) is 17.4. The summed E-state index contributed by atoms with van der Waals surface area (Å²) in [5.41, 5.74) is 4.10. The molecule has 1 aliphatic rings. The summed E-state index contributed by atoms with van der Waals surface area (Å²) in [6.45, 7) is 4.32. The topological polar surface area (TPSA) is 42.3 Å². The minimum Gasteiger partial charge on any atom is -0.352 e. The zero-order valence-corrected chi connectivity index (χ0v) is 16.1. The van der Waals surface area contributed by atoms with Crippen LogP contribution in [0.15, 0.2) is 39.7 Å². The van der Waals surface area contributed by atoms with E-state index in [9.17, 15) is 9.59 Å². The maximum absolute atomic E-state index is 12.6. The van der Waals surface area contributed by atoms with Crippen molar-refractivity contribution < 1.29 is 9.59 Å². The van der Waals surface area contributed by atoms with E-state index >= 15 is 0 Å². The summed E-state index contributed by atoms with van der Waals surface area (Å²) in [7, 11) is 1.99. The molecule has 2 amide bonds. The van der Waals surface area contributed by atoms with E-state index in [-0.39, 0.29) is 11.1 Å². The number of hydrogen-bond donors (Lipinski definition) is 0. The summed E-state index contributed by atoms with van der Waals surface area (Å²) in [4.78, 5) is 26.6. The fourth-order valence-corrected chi connectivity index (χ4v) is 3.67. The van der Waals surface area contributed by atoms with Crippen molar-refractivity contribution in [2.75, 3.05) is 0 Å². The molecule has 2 aromatic rings. The minimum atomic E-state index is -0.228. The Morgan fingerprint density at radius 3 is 2.42 bits per heavy atom. The molecular formula is C18H17BrN2O2S. The van der Waals surface area contributed by atoms with Crippen LogP contribution in [0.5, 0.6) is 0 Å². The summed E-state index contributed by atoms with van der Waals surface area (Å²) in [5, 5.41) is -0.223. The SMILES string of the molecule is Cc1cc(/C=C2\SC(=O)N(Cc3ccc(Br)cc3)C2=O)c(C)n1C. The first-order valence-corrected chi connectivity index (χ1v) is 9.10. The highest BCUT2D eigenvalue weighted by Gasteiger charge is 2.35. The number of carbonyl (C=O) groups is 2. The third-order valence-electron chi connectivity index (χ3n) is 4.23. The Morgan fingerprint density at radius 2 is 1.83 bits per heavy atom. The predicted molar refractivity (Wildman–Crippen MR) is 101 cm³/mol. The summed E-state index contributed by atoms with van der Waals surface area (Å²) in [6.07, 6.45) is 1.81. The lowest BCUT2D eigenvalue weighted by atomic mass is 10.2. The lowest BCUT2D eigenvalue weighted by molar-refractivity contribution is -0.123. The number of halogens is 1. The number of hydrogen-bond acceptors (Lipinski definition) is 3. The molecule has 6 heteroatoms. The van der Waals surface area contributed by atoms with Crippen molar-refractivity contribution in [3.63, 3.8) is 0 Å². The normalized spacial score (nSPS) is 16.5. The molecule has 124 valence electrons. The number of aromatic nitrogens is 1. The van der Waals surface area contributed by atoms with Crippen LogP contribution in [-0.2, 0) is 18.4 Å². The smallest absolute Gasteiger partial charge is 0.293 e. The van der Waals surface area contributed by atoms with Gasteiger partial charge < -0.3 is 4.57 Å². The van der Waals surface area contributed by atoms with Crippen LogP contribution in [0.2, 0.25) is 0 Å². The zero-order valence-electron chi connectivity index (χ0n) is 13.7. The van der Waals surface area contributed by atoms with Crippen LogP contribution in [0, 0.1) is 13.8 Å². The molecule has 3 rings (SSSR count). The van der Waals surface area contributed by atoms with E-state index < -0.39 is 0 Å². The minimum absolute atomic E-state index is 0.223. The Kier molecular flexibility index (Phi) is 4.69. The van der Waals surface area contributed by atoms with Crippen molar-refractivity contribution in [1.29, 1.82) is 0 Å². The van der Waals surface area contributed by atoms with E-state index in [2.05, 4.69) is 20.5 Å². The molecule has 0 aliphatic carbocycles. The van der Waals surface area contributed by atoms with Gasteiger partial charge >= 0.3 is 0 Å². The molecule has 2 heterocycles. The van der Waals surface area contributed by atoms with Gasteiger partial charge in [-0.2, -0.15) is 0 Å². The van der Waals surface area contributed by atoms with E-state index in [1.54, 1.807) is 0 Å². The molecule has 0 radical (unpaired) electrons. The van der Waals surface area contributed by atoms with Gasteiger partial charge in [0, 0.05) is 22.9 Å². The lowest BCUT2D eigenvalue weighted by Gasteiger charge is -2.12. The van der Waals surface area contributed by atoms with Crippen LogP contribution in [0.1, 0.15) is 22.5 Å². The van der Waals surface area contributed by atoms with Crippen molar-refractivity contribution >= 4 is 44.9 Å². The Hall–Kier alpha value is -1.79. The summed E-state index contributed by atoms with van der Waals surface area (Å²) >= 11 is 4.38. The largest absolute Gasteiger partial charge is 0.352 e. The molecule has 1 aromatic heterocycles. The van der Waals surface area contributed by atoms with Crippen LogP contribution in [-0.4, -0.2) is 20.6 Å². The maximum Gasteiger partial charge on any atom is 0.293 e. The van der Waals surface area contributed by atoms with Crippen molar-refractivity contribution in [2.24, 2.45) is 7.05 Å². The molecule has 0 atom stereocenters. The van der Waals surface area contributed by atoms with Crippen molar-refractivity contribution in [2.45, 2.75) is 20.4 Å². The first kappa shape index (κ1) is 17.0. The second-order valence-electron chi connectivity index (χ2n) is 5.78. The number of carbonyl (C=O) groups excluding carboxylic acids is 2. The summed E-state index contributed by atoms with van der Waals surface area (Å²) in [5.74, 6) is -0.228. The Morgan fingerprint density at radius 1 is 1.17 bits per heavy atom. The highest BCUT2D eigenvalue weighted by Crippen LogP contribution is 2.34. The van der Waals surface area contributed by atoms with Gasteiger partial charge in [0.05, 0.1) is 11.4 Å². The number of thioether (sulfide) groups is 1. The molecule has 0 unspecified atom stereocenters. The Labute approximate surface area is 153 Å². The number of nitrogens with zero attached hydrogens (tertiary/aromatic N) is 2. The molecule has 1 aliphatic heterocycles. The van der Waals surface area contributed by atoms with Crippen molar-refractivity contribution in [3.05, 3.63) is 62.2 Å². The molecule has 0 saturated carbocycles. The van der Waals surface area contributed by atoms with Gasteiger partial charge in [0.2, 0.25) is 0 Å². The monoisotopic (exact) mass is 404 g/mol. The van der Waals surface area contributed by atoms with Gasteiger partial charge in [-0.3, -0.25) is 14.5 Å². The molecule has 24 heavy (non-hydrogen) atoms. The number of aryl methyl sites for hydroxylation is 1. The summed E-state index contributed by atoms with van der Waals surface area (Å²) < 4.78 is 3.04. The first-order valence-electron chi connectivity index (χ1n) is 7.49. The van der Waals surface area contributed by atoms with Crippen LogP contribution >= 0.6 is 27.7 Å². The van der Waals surface area contributed by atoms with Gasteiger partial charge in [-0.15, -0.1) is 0 Å². The number of benzene rings is 1. The Balaban J connectivity index is 1.84. The lowest BCUT2D eigenvalue weighted by Crippen LogP contribution is -2.27. The average Bonchev–Trinajstić information content (AvgIpc) is 2.95. The van der Waals surface area contributed by atoms with E-state index in [4.69, 9.17) is 0 Å². The maximum atomic E-state index is 12.6. The number of rotatable bonds is 3. The Bertz CT molecular complexity index is 853. The van der Waals surface area contributed by atoms with Crippen molar-refractivity contribution in [1.82, 2.24) is 9.47 Å². The third kappa shape index (κ3) is 3.21. The van der Waals surface area contributed by atoms with Crippen molar-refractivity contribution in [3.8, 4) is 0 Å². The number of imide groups is 1. The molecule has 1 aromatic carbocycles. The second-order valence-corrected chi connectivity index (χ2v) is 7.69. The molecular weight excluding hydrogens is 388 g/mol. The fraction of sp³-hybridized carbons (Fsp3) is 0.222. The molecule has 4 nitrogen and oxygen atoms in total. The third-order valence-corrected chi connectivity index (χ3v) is 5.66. The molecule has 0 spiro atoms. The molecule has 1 fully saturated rings. The van der Waals surface area contributed by atoms with Crippen LogP contribution in [0.3, 0.4) is 0 Å². The van der Waals surface area contributed by atoms with Gasteiger partial charge in [-0.05, 0) is 61.0 Å². The molecule has 0 bridgehead atoms. The fourth-order valence-electron chi connectivity index (χ4n) is 2.58. The molecule has 0 N–H and O–H groups in total. The number of amides is 2. The average molecular weight is 405 g/mol. The van der Waals surface area contributed by atoms with Gasteiger partial charge in [0.1, 0.15) is 0 Å². The molecule has 1 saturated heterocycles. The van der Waals surface area contributed by atoms with Gasteiger partial charge in [0.25, 0.3) is 11.1 Å². The predicted octanol–water partition coefficient (Wildman–Crippen LogP) is 4.64. The quantitative estimate of drug-likeness (QED) is 0.699.